The molecular formula is C7H15N3O2. The van der Waals surface area contributed by atoms with Crippen LogP contribution in [0.4, 0.5) is 4.79 Å². The lowest BCUT2D eigenvalue weighted by Gasteiger charge is -2.16. The number of carbonyl (C=O) groups is 2. The van der Waals surface area contributed by atoms with Crippen molar-refractivity contribution >= 4 is 11.9 Å². The molecule has 0 rings (SSSR count). The molecule has 3 amide bonds. The molecule has 0 atom stereocenters. The number of hydrogen-bond donors (Lipinski definition) is 3. The molecule has 0 fully saturated rings. The van der Waals surface area contributed by atoms with E-state index in [1.165, 1.54) is 0 Å². The Morgan fingerprint density at radius 3 is 2.08 bits per heavy atom. The highest BCUT2D eigenvalue weighted by Gasteiger charge is 2.15. The van der Waals surface area contributed by atoms with Crippen LogP contribution in [0.2, 0.25) is 0 Å². The average molecular weight is 173 g/mol. The van der Waals surface area contributed by atoms with Crippen molar-refractivity contribution in [2.45, 2.75) is 27.2 Å². The van der Waals surface area contributed by atoms with Gasteiger partial charge in [-0.1, -0.05) is 20.8 Å². The van der Waals surface area contributed by atoms with Gasteiger partial charge < -0.3 is 5.73 Å². The zero-order valence-electron chi connectivity index (χ0n) is 7.60. The van der Waals surface area contributed by atoms with Crippen LogP contribution in [0, 0.1) is 5.41 Å². The molecule has 0 aromatic carbocycles. The second-order valence-corrected chi connectivity index (χ2v) is 3.77. The molecular weight excluding hydrogens is 158 g/mol. The number of hydrogen-bond acceptors (Lipinski definition) is 2. The van der Waals surface area contributed by atoms with Gasteiger partial charge in [-0.25, -0.2) is 10.2 Å². The van der Waals surface area contributed by atoms with E-state index in [0.717, 1.165) is 0 Å². The standard InChI is InChI=1S/C7H15N3O2/c1-7(2,3)4-5(11)9-10-6(8)12/h4H2,1-3H3,(H,9,11)(H3,8,10,12). The fourth-order valence-corrected chi connectivity index (χ4v) is 0.657. The molecule has 5 nitrogen and oxygen atoms in total. The Morgan fingerprint density at radius 2 is 1.75 bits per heavy atom. The van der Waals surface area contributed by atoms with Crippen LogP contribution in [0.3, 0.4) is 0 Å². The van der Waals surface area contributed by atoms with E-state index < -0.39 is 6.03 Å². The van der Waals surface area contributed by atoms with Gasteiger partial charge in [-0.05, 0) is 5.41 Å². The van der Waals surface area contributed by atoms with Gasteiger partial charge in [0.25, 0.3) is 0 Å². The Bertz CT molecular complexity index is 184. The summed E-state index contributed by atoms with van der Waals surface area (Å²) in [4.78, 5) is 21.1. The minimum atomic E-state index is -0.766. The molecule has 0 bridgehead atoms. The fourth-order valence-electron chi connectivity index (χ4n) is 0.657. The number of nitrogens with one attached hydrogen (secondary N) is 2. The Kier molecular flexibility index (Phi) is 3.53. The lowest BCUT2D eigenvalue weighted by molar-refractivity contribution is -0.123. The number of carbonyl (C=O) groups excluding carboxylic acids is 2. The summed E-state index contributed by atoms with van der Waals surface area (Å²) >= 11 is 0. The number of amides is 3. The molecule has 0 aromatic rings. The van der Waals surface area contributed by atoms with Gasteiger partial charge >= 0.3 is 6.03 Å². The minimum Gasteiger partial charge on any atom is -0.350 e. The predicted octanol–water partition coefficient (Wildman–Crippen LogP) is 0.122. The van der Waals surface area contributed by atoms with Gasteiger partial charge in [-0.15, -0.1) is 0 Å². The van der Waals surface area contributed by atoms with Crippen molar-refractivity contribution in [3.8, 4) is 0 Å². The van der Waals surface area contributed by atoms with E-state index in [1.807, 2.05) is 26.2 Å². The largest absolute Gasteiger partial charge is 0.350 e. The number of rotatable bonds is 1. The van der Waals surface area contributed by atoms with Gasteiger partial charge in [-0.3, -0.25) is 10.2 Å². The van der Waals surface area contributed by atoms with Crippen molar-refractivity contribution in [3.63, 3.8) is 0 Å². The minimum absolute atomic E-state index is 0.0938. The molecule has 0 aromatic heterocycles. The summed E-state index contributed by atoms with van der Waals surface area (Å²) in [6.07, 6.45) is 0.341. The Balaban J connectivity index is 3.68. The molecule has 0 heterocycles. The highest BCUT2D eigenvalue weighted by Crippen LogP contribution is 2.17. The predicted molar refractivity (Wildman–Crippen MR) is 44.9 cm³/mol. The SMILES string of the molecule is CC(C)(C)CC(=O)NNC(N)=O. The van der Waals surface area contributed by atoms with Crippen molar-refractivity contribution in [1.29, 1.82) is 0 Å². The second kappa shape index (κ2) is 3.94. The second-order valence-electron chi connectivity index (χ2n) is 3.77. The first kappa shape index (κ1) is 10.7. The highest BCUT2D eigenvalue weighted by molar-refractivity contribution is 5.80. The maximum Gasteiger partial charge on any atom is 0.330 e. The van der Waals surface area contributed by atoms with Crippen LogP contribution in [-0.2, 0) is 4.79 Å². The molecule has 0 radical (unpaired) electrons. The monoisotopic (exact) mass is 173 g/mol. The van der Waals surface area contributed by atoms with Crippen molar-refractivity contribution < 1.29 is 9.59 Å². The number of primary amides is 1. The zero-order chi connectivity index (χ0) is 9.78. The summed E-state index contributed by atoms with van der Waals surface area (Å²) in [5, 5.41) is 0. The third kappa shape index (κ3) is 6.85. The van der Waals surface area contributed by atoms with Crippen molar-refractivity contribution in [2.24, 2.45) is 11.1 Å². The first-order valence-corrected chi connectivity index (χ1v) is 3.65. The lowest BCUT2D eigenvalue weighted by Crippen LogP contribution is -2.45. The molecule has 0 aliphatic heterocycles. The average Bonchev–Trinajstić information content (AvgIpc) is 1.79. The first-order chi connectivity index (χ1) is 5.31. The van der Waals surface area contributed by atoms with Crippen molar-refractivity contribution in [3.05, 3.63) is 0 Å². The van der Waals surface area contributed by atoms with E-state index in [-0.39, 0.29) is 11.3 Å². The molecule has 0 aliphatic rings. The number of nitrogens with two attached hydrogens (primary N) is 1. The van der Waals surface area contributed by atoms with Crippen LogP contribution in [0.25, 0.3) is 0 Å². The third-order valence-corrected chi connectivity index (χ3v) is 1.02. The van der Waals surface area contributed by atoms with Gasteiger partial charge in [0.15, 0.2) is 0 Å². The van der Waals surface area contributed by atoms with E-state index >= 15 is 0 Å². The Morgan fingerprint density at radius 1 is 1.25 bits per heavy atom. The molecule has 5 heteroatoms. The lowest BCUT2D eigenvalue weighted by atomic mass is 9.92. The number of hydrazine groups is 1. The number of urea groups is 1. The molecule has 0 unspecified atom stereocenters. The molecule has 70 valence electrons. The third-order valence-electron chi connectivity index (χ3n) is 1.02. The molecule has 12 heavy (non-hydrogen) atoms. The maximum atomic E-state index is 11.0. The van der Waals surface area contributed by atoms with Gasteiger partial charge in [-0.2, -0.15) is 0 Å². The van der Waals surface area contributed by atoms with Gasteiger partial charge in [0, 0.05) is 6.42 Å². The quantitative estimate of drug-likeness (QED) is 0.492. The van der Waals surface area contributed by atoms with Crippen LogP contribution < -0.4 is 16.6 Å². The van der Waals surface area contributed by atoms with Gasteiger partial charge in [0.1, 0.15) is 0 Å². The summed E-state index contributed by atoms with van der Waals surface area (Å²) in [5.41, 5.74) is 8.83. The van der Waals surface area contributed by atoms with E-state index in [2.05, 4.69) is 5.43 Å². The highest BCUT2D eigenvalue weighted by atomic mass is 16.2. The summed E-state index contributed by atoms with van der Waals surface area (Å²) in [6, 6.07) is -0.766. The van der Waals surface area contributed by atoms with Crippen molar-refractivity contribution in [1.82, 2.24) is 10.9 Å². The van der Waals surface area contributed by atoms with Gasteiger partial charge in [0.2, 0.25) is 5.91 Å². The van der Waals surface area contributed by atoms with Crippen LogP contribution in [0.1, 0.15) is 27.2 Å². The van der Waals surface area contributed by atoms with Crippen LogP contribution in [0.15, 0.2) is 0 Å². The fraction of sp³-hybridized carbons (Fsp3) is 0.714. The van der Waals surface area contributed by atoms with Crippen LogP contribution in [0.5, 0.6) is 0 Å². The first-order valence-electron chi connectivity index (χ1n) is 3.65. The summed E-state index contributed by atoms with van der Waals surface area (Å²) in [6.45, 7) is 5.78. The molecule has 0 spiro atoms. The topological polar surface area (TPSA) is 84.2 Å². The zero-order valence-corrected chi connectivity index (χ0v) is 7.60. The molecule has 4 N–H and O–H groups in total. The molecule has 0 saturated carbocycles. The van der Waals surface area contributed by atoms with E-state index in [9.17, 15) is 9.59 Å². The smallest absolute Gasteiger partial charge is 0.330 e. The Hall–Kier alpha value is -1.26. The molecule has 0 aliphatic carbocycles. The summed E-state index contributed by atoms with van der Waals surface area (Å²) in [7, 11) is 0. The van der Waals surface area contributed by atoms with E-state index in [0.29, 0.717) is 6.42 Å². The van der Waals surface area contributed by atoms with Crippen LogP contribution in [-0.4, -0.2) is 11.9 Å². The molecule has 0 saturated heterocycles. The maximum absolute atomic E-state index is 11.0. The van der Waals surface area contributed by atoms with Crippen molar-refractivity contribution in [2.75, 3.05) is 0 Å². The van der Waals surface area contributed by atoms with E-state index in [4.69, 9.17) is 5.73 Å². The van der Waals surface area contributed by atoms with Gasteiger partial charge in [0.05, 0.1) is 0 Å². The summed E-state index contributed by atoms with van der Waals surface area (Å²) < 4.78 is 0. The Labute approximate surface area is 71.7 Å². The summed E-state index contributed by atoms with van der Waals surface area (Å²) in [5.74, 6) is -0.249. The van der Waals surface area contributed by atoms with Crippen LogP contribution >= 0.6 is 0 Å². The van der Waals surface area contributed by atoms with E-state index in [1.54, 1.807) is 0 Å². The normalized spacial score (nSPS) is 10.6.